The third-order valence-electron chi connectivity index (χ3n) is 2.89. The van der Waals surface area contributed by atoms with Crippen LogP contribution >= 0.6 is 27.3 Å². The number of aliphatic carboxylic acids is 1. The molecule has 0 aliphatic heterocycles. The van der Waals surface area contributed by atoms with Crippen LogP contribution in [-0.2, 0) is 4.79 Å². The number of imidazole rings is 1. The van der Waals surface area contributed by atoms with Crippen LogP contribution in [0.3, 0.4) is 0 Å². The van der Waals surface area contributed by atoms with Gasteiger partial charge in [-0.1, -0.05) is 0 Å². The number of H-pyrrole nitrogens is 1. The number of aromatic nitrogens is 2. The highest BCUT2D eigenvalue weighted by atomic mass is 79.9. The lowest BCUT2D eigenvalue weighted by atomic mass is 10.3. The minimum Gasteiger partial charge on any atom is -0.481 e. The lowest BCUT2D eigenvalue weighted by Gasteiger charge is -1.92. The van der Waals surface area contributed by atoms with E-state index in [1.165, 1.54) is 0 Å². The van der Waals surface area contributed by atoms with Crippen molar-refractivity contribution in [1.29, 1.82) is 0 Å². The maximum Gasteiger partial charge on any atom is 0.307 e. The number of hydrogen-bond donors (Lipinski definition) is 2. The van der Waals surface area contributed by atoms with Crippen LogP contribution in [0.25, 0.3) is 10.6 Å². The summed E-state index contributed by atoms with van der Waals surface area (Å²) in [5.41, 5.74) is 0.951. The van der Waals surface area contributed by atoms with Crippen molar-refractivity contribution in [2.45, 2.75) is 12.3 Å². The standard InChI is InChI=1S/C11H9BrN2O2S/c12-9-2-1-8(17-9)7-4-13-10(14-7)5-3-6(5)11(15)16/h1-2,4-6H,3H2,(H,13,14)(H,15,16). The number of thiophene rings is 1. The summed E-state index contributed by atoms with van der Waals surface area (Å²) < 4.78 is 1.07. The summed E-state index contributed by atoms with van der Waals surface area (Å²) in [4.78, 5) is 19.4. The number of hydrogen-bond acceptors (Lipinski definition) is 3. The van der Waals surface area contributed by atoms with E-state index in [1.807, 2.05) is 12.1 Å². The van der Waals surface area contributed by atoms with Crippen LogP contribution in [0.5, 0.6) is 0 Å². The van der Waals surface area contributed by atoms with Crippen molar-refractivity contribution in [2.24, 2.45) is 5.92 Å². The van der Waals surface area contributed by atoms with Gasteiger partial charge >= 0.3 is 5.97 Å². The number of carboxylic acids is 1. The Bertz CT molecular complexity index is 578. The lowest BCUT2D eigenvalue weighted by Crippen LogP contribution is -1.99. The summed E-state index contributed by atoms with van der Waals surface area (Å²) in [6.45, 7) is 0. The molecule has 4 nitrogen and oxygen atoms in total. The maximum absolute atomic E-state index is 10.8. The van der Waals surface area contributed by atoms with Crippen molar-refractivity contribution < 1.29 is 9.90 Å². The van der Waals surface area contributed by atoms with Crippen LogP contribution < -0.4 is 0 Å². The van der Waals surface area contributed by atoms with Crippen molar-refractivity contribution in [2.75, 3.05) is 0 Å². The highest BCUT2D eigenvalue weighted by molar-refractivity contribution is 9.11. The Morgan fingerprint density at radius 1 is 1.59 bits per heavy atom. The fourth-order valence-corrected chi connectivity index (χ4v) is 3.23. The van der Waals surface area contributed by atoms with Gasteiger partial charge in [0.05, 0.1) is 26.5 Å². The fraction of sp³-hybridized carbons (Fsp3) is 0.273. The SMILES string of the molecule is O=C(O)C1CC1c1ncc(-c2ccc(Br)s2)[nH]1. The lowest BCUT2D eigenvalue weighted by molar-refractivity contribution is -0.138. The molecule has 0 bridgehead atoms. The van der Waals surface area contributed by atoms with Gasteiger partial charge in [-0.05, 0) is 34.5 Å². The van der Waals surface area contributed by atoms with Gasteiger partial charge in [-0.2, -0.15) is 0 Å². The second-order valence-electron chi connectivity index (χ2n) is 4.07. The summed E-state index contributed by atoms with van der Waals surface area (Å²) in [6.07, 6.45) is 2.46. The van der Waals surface area contributed by atoms with E-state index in [4.69, 9.17) is 5.11 Å². The van der Waals surface area contributed by atoms with Crippen molar-refractivity contribution in [3.8, 4) is 10.6 Å². The number of rotatable bonds is 3. The normalized spacial score (nSPS) is 22.6. The molecule has 1 saturated carbocycles. The molecule has 88 valence electrons. The molecule has 2 atom stereocenters. The molecular weight excluding hydrogens is 304 g/mol. The third-order valence-corrected chi connectivity index (χ3v) is 4.55. The van der Waals surface area contributed by atoms with Gasteiger partial charge in [-0.15, -0.1) is 11.3 Å². The van der Waals surface area contributed by atoms with Crippen molar-refractivity contribution in [3.05, 3.63) is 27.9 Å². The molecular formula is C11H9BrN2O2S. The molecule has 1 aliphatic carbocycles. The first-order chi connectivity index (χ1) is 8.15. The molecule has 0 amide bonds. The number of nitrogens with one attached hydrogen (secondary N) is 1. The molecule has 17 heavy (non-hydrogen) atoms. The van der Waals surface area contributed by atoms with Gasteiger partial charge in [0.1, 0.15) is 5.82 Å². The quantitative estimate of drug-likeness (QED) is 0.915. The first-order valence-corrected chi connectivity index (χ1v) is 6.79. The molecule has 2 aromatic heterocycles. The van der Waals surface area contributed by atoms with Gasteiger partial charge in [0.25, 0.3) is 0 Å². The first kappa shape index (κ1) is 11.0. The summed E-state index contributed by atoms with van der Waals surface area (Å²) in [7, 11) is 0. The van der Waals surface area contributed by atoms with Gasteiger partial charge < -0.3 is 10.1 Å². The minimum absolute atomic E-state index is 0.0599. The van der Waals surface area contributed by atoms with Gasteiger partial charge in [0.2, 0.25) is 0 Å². The van der Waals surface area contributed by atoms with E-state index < -0.39 is 5.97 Å². The second-order valence-corrected chi connectivity index (χ2v) is 6.54. The van der Waals surface area contributed by atoms with Crippen molar-refractivity contribution in [3.63, 3.8) is 0 Å². The van der Waals surface area contributed by atoms with E-state index in [1.54, 1.807) is 17.5 Å². The maximum atomic E-state index is 10.8. The van der Waals surface area contributed by atoms with Crippen LogP contribution in [0.4, 0.5) is 0 Å². The van der Waals surface area contributed by atoms with Crippen LogP contribution in [-0.4, -0.2) is 21.0 Å². The molecule has 1 aliphatic rings. The molecule has 2 unspecified atom stereocenters. The number of carboxylic acid groups (broad SMARTS) is 1. The van der Waals surface area contributed by atoms with E-state index in [0.29, 0.717) is 6.42 Å². The van der Waals surface area contributed by atoms with Gasteiger partial charge in [-0.25, -0.2) is 4.98 Å². The monoisotopic (exact) mass is 312 g/mol. The third kappa shape index (κ3) is 2.02. The minimum atomic E-state index is -0.730. The summed E-state index contributed by atoms with van der Waals surface area (Å²) >= 11 is 5.04. The Kier molecular flexibility index (Phi) is 2.56. The highest BCUT2D eigenvalue weighted by Crippen LogP contribution is 2.46. The Morgan fingerprint density at radius 3 is 3.00 bits per heavy atom. The molecule has 2 heterocycles. The van der Waals surface area contributed by atoms with E-state index in [0.717, 1.165) is 20.2 Å². The van der Waals surface area contributed by atoms with Crippen LogP contribution in [0.1, 0.15) is 18.2 Å². The molecule has 2 aromatic rings. The topological polar surface area (TPSA) is 66.0 Å². The number of halogens is 1. The second kappa shape index (κ2) is 3.96. The zero-order valence-electron chi connectivity index (χ0n) is 8.68. The van der Waals surface area contributed by atoms with E-state index in [2.05, 4.69) is 25.9 Å². The van der Waals surface area contributed by atoms with E-state index in [9.17, 15) is 4.79 Å². The summed E-state index contributed by atoms with van der Waals surface area (Å²) in [5.74, 6) is -0.141. The Labute approximate surface area is 110 Å². The fourth-order valence-electron chi connectivity index (χ4n) is 1.88. The molecule has 0 saturated heterocycles. The Morgan fingerprint density at radius 2 is 2.41 bits per heavy atom. The summed E-state index contributed by atoms with van der Waals surface area (Å²) in [6, 6.07) is 3.99. The van der Waals surface area contributed by atoms with Gasteiger partial charge in [0, 0.05) is 5.92 Å². The zero-order valence-corrected chi connectivity index (χ0v) is 11.1. The average molecular weight is 313 g/mol. The van der Waals surface area contributed by atoms with Crippen LogP contribution in [0.2, 0.25) is 0 Å². The van der Waals surface area contributed by atoms with Crippen LogP contribution in [0, 0.1) is 5.92 Å². The molecule has 3 rings (SSSR count). The smallest absolute Gasteiger partial charge is 0.307 e. The van der Waals surface area contributed by atoms with Crippen molar-refractivity contribution >= 4 is 33.2 Å². The number of nitrogens with zero attached hydrogens (tertiary/aromatic N) is 1. The molecule has 0 aromatic carbocycles. The largest absolute Gasteiger partial charge is 0.481 e. The van der Waals surface area contributed by atoms with E-state index in [-0.39, 0.29) is 11.8 Å². The van der Waals surface area contributed by atoms with Crippen LogP contribution in [0.15, 0.2) is 22.1 Å². The molecule has 6 heteroatoms. The van der Waals surface area contributed by atoms with Crippen molar-refractivity contribution in [1.82, 2.24) is 9.97 Å². The Balaban J connectivity index is 1.82. The highest BCUT2D eigenvalue weighted by Gasteiger charge is 2.46. The first-order valence-electron chi connectivity index (χ1n) is 5.18. The molecule has 0 spiro atoms. The molecule has 1 fully saturated rings. The molecule has 2 N–H and O–H groups in total. The predicted octanol–water partition coefficient (Wildman–Crippen LogP) is 3.09. The Hall–Kier alpha value is -1.14. The number of aromatic amines is 1. The molecule has 0 radical (unpaired) electrons. The van der Waals surface area contributed by atoms with Gasteiger partial charge in [-0.3, -0.25) is 4.79 Å². The number of carbonyl (C=O) groups is 1. The van der Waals surface area contributed by atoms with E-state index >= 15 is 0 Å². The predicted molar refractivity (Wildman–Crippen MR) is 68.1 cm³/mol. The summed E-state index contributed by atoms with van der Waals surface area (Å²) in [5, 5.41) is 8.87. The zero-order chi connectivity index (χ0) is 12.0. The average Bonchev–Trinajstić information content (AvgIpc) is 2.74. The van der Waals surface area contributed by atoms with Gasteiger partial charge in [0.15, 0.2) is 0 Å².